The summed E-state index contributed by atoms with van der Waals surface area (Å²) < 4.78 is 0. The van der Waals surface area contributed by atoms with Crippen molar-refractivity contribution in [2.45, 2.75) is 51.1 Å². The second-order valence-corrected chi connectivity index (χ2v) is 5.55. The Hall–Kier alpha value is -0.830. The first kappa shape index (κ1) is 10.3. The van der Waals surface area contributed by atoms with Crippen molar-refractivity contribution in [2.75, 3.05) is 0 Å². The Balaban J connectivity index is 1.52. The van der Waals surface area contributed by atoms with Crippen LogP contribution in [0.1, 0.15) is 44.1 Å². The molecule has 2 unspecified atom stereocenters. The molecule has 0 saturated heterocycles. The minimum atomic E-state index is 0.749. The van der Waals surface area contributed by atoms with E-state index in [1.165, 1.54) is 44.1 Å². The smallest absolute Gasteiger partial charge is 0.0532 e. The largest absolute Gasteiger partial charge is 0.310 e. The first-order chi connectivity index (χ1) is 7.90. The molecule has 1 heterocycles. The van der Waals surface area contributed by atoms with Crippen molar-refractivity contribution in [1.29, 1.82) is 0 Å². The standard InChI is InChI=1S/C13H21N3/c1-2-10-4-11(3-1)6-13(5-10)14-7-12-8-15-16-9-12/h8-11,13-14H,1-7H2,(H,15,16). The monoisotopic (exact) mass is 219 g/mol. The minimum absolute atomic E-state index is 0.749. The quantitative estimate of drug-likeness (QED) is 0.820. The van der Waals surface area contributed by atoms with E-state index in [2.05, 4.69) is 15.5 Å². The number of hydrogen-bond acceptors (Lipinski definition) is 2. The van der Waals surface area contributed by atoms with Crippen molar-refractivity contribution in [3.05, 3.63) is 18.0 Å². The fourth-order valence-corrected chi connectivity index (χ4v) is 3.53. The average molecular weight is 219 g/mol. The van der Waals surface area contributed by atoms with Gasteiger partial charge in [0.2, 0.25) is 0 Å². The summed E-state index contributed by atoms with van der Waals surface area (Å²) in [6.07, 6.45) is 12.6. The predicted molar refractivity (Wildman–Crippen MR) is 63.9 cm³/mol. The molecule has 1 aromatic heterocycles. The van der Waals surface area contributed by atoms with Crippen LogP contribution in [0, 0.1) is 11.8 Å². The summed E-state index contributed by atoms with van der Waals surface area (Å²) >= 11 is 0. The lowest BCUT2D eigenvalue weighted by Gasteiger charge is -2.39. The van der Waals surface area contributed by atoms with Gasteiger partial charge in [-0.1, -0.05) is 19.3 Å². The lowest BCUT2D eigenvalue weighted by atomic mass is 9.70. The molecular weight excluding hydrogens is 198 g/mol. The summed E-state index contributed by atoms with van der Waals surface area (Å²) in [7, 11) is 0. The third-order valence-corrected chi connectivity index (χ3v) is 4.28. The Morgan fingerprint density at radius 1 is 1.25 bits per heavy atom. The van der Waals surface area contributed by atoms with Gasteiger partial charge in [0.05, 0.1) is 6.20 Å². The van der Waals surface area contributed by atoms with E-state index in [0.717, 1.165) is 24.4 Å². The number of fused-ring (bicyclic) bond motifs is 2. The van der Waals surface area contributed by atoms with Crippen molar-refractivity contribution in [3.8, 4) is 0 Å². The Morgan fingerprint density at radius 3 is 2.75 bits per heavy atom. The average Bonchev–Trinajstić information content (AvgIpc) is 2.79. The van der Waals surface area contributed by atoms with E-state index in [0.29, 0.717) is 0 Å². The van der Waals surface area contributed by atoms with Crippen LogP contribution in [0.3, 0.4) is 0 Å². The summed E-state index contributed by atoms with van der Waals surface area (Å²) in [4.78, 5) is 0. The molecule has 3 heteroatoms. The van der Waals surface area contributed by atoms with Crippen molar-refractivity contribution < 1.29 is 0 Å². The molecule has 0 radical (unpaired) electrons. The lowest BCUT2D eigenvalue weighted by Crippen LogP contribution is -2.38. The van der Waals surface area contributed by atoms with Gasteiger partial charge in [-0.2, -0.15) is 5.10 Å². The molecule has 88 valence electrons. The summed E-state index contributed by atoms with van der Waals surface area (Å²) in [6, 6.07) is 0.749. The Bertz CT molecular complexity index is 308. The molecule has 1 aromatic rings. The van der Waals surface area contributed by atoms with Gasteiger partial charge in [-0.05, 0) is 31.1 Å². The van der Waals surface area contributed by atoms with Crippen LogP contribution in [-0.4, -0.2) is 16.2 Å². The number of nitrogens with zero attached hydrogens (tertiary/aromatic N) is 1. The maximum absolute atomic E-state index is 3.98. The van der Waals surface area contributed by atoms with Crippen LogP contribution in [0.15, 0.2) is 12.4 Å². The number of H-pyrrole nitrogens is 1. The molecule has 3 rings (SSSR count). The van der Waals surface area contributed by atoms with Gasteiger partial charge in [0.1, 0.15) is 0 Å². The fraction of sp³-hybridized carbons (Fsp3) is 0.769. The number of nitrogens with one attached hydrogen (secondary N) is 2. The van der Waals surface area contributed by atoms with Gasteiger partial charge >= 0.3 is 0 Å². The lowest BCUT2D eigenvalue weighted by molar-refractivity contribution is 0.153. The third kappa shape index (κ3) is 2.29. The molecule has 16 heavy (non-hydrogen) atoms. The van der Waals surface area contributed by atoms with Gasteiger partial charge in [-0.25, -0.2) is 0 Å². The highest BCUT2D eigenvalue weighted by Crippen LogP contribution is 2.39. The van der Waals surface area contributed by atoms with Gasteiger partial charge in [0, 0.05) is 24.3 Å². The van der Waals surface area contributed by atoms with Crippen LogP contribution in [0.2, 0.25) is 0 Å². The molecule has 2 fully saturated rings. The van der Waals surface area contributed by atoms with Crippen molar-refractivity contribution in [1.82, 2.24) is 15.5 Å². The van der Waals surface area contributed by atoms with Crippen LogP contribution in [0.4, 0.5) is 0 Å². The van der Waals surface area contributed by atoms with Crippen molar-refractivity contribution >= 4 is 0 Å². The molecular formula is C13H21N3. The summed E-state index contributed by atoms with van der Waals surface area (Å²) in [5, 5.41) is 10.5. The zero-order chi connectivity index (χ0) is 10.8. The SMILES string of the molecule is c1n[nH]cc1CNC1CC2CCCC(C2)C1. The normalized spacial score (nSPS) is 33.9. The molecule has 2 bridgehead atoms. The highest BCUT2D eigenvalue weighted by atomic mass is 15.1. The summed E-state index contributed by atoms with van der Waals surface area (Å²) in [5.41, 5.74) is 1.27. The molecule has 2 saturated carbocycles. The van der Waals surface area contributed by atoms with Crippen LogP contribution >= 0.6 is 0 Å². The van der Waals surface area contributed by atoms with E-state index >= 15 is 0 Å². The zero-order valence-corrected chi connectivity index (χ0v) is 9.78. The zero-order valence-electron chi connectivity index (χ0n) is 9.78. The highest BCUT2D eigenvalue weighted by molar-refractivity contribution is 5.02. The number of aromatic nitrogens is 2. The number of aromatic amines is 1. The fourth-order valence-electron chi connectivity index (χ4n) is 3.53. The van der Waals surface area contributed by atoms with E-state index in [1.54, 1.807) is 0 Å². The van der Waals surface area contributed by atoms with Crippen LogP contribution in [-0.2, 0) is 6.54 Å². The van der Waals surface area contributed by atoms with Crippen LogP contribution < -0.4 is 5.32 Å². The van der Waals surface area contributed by atoms with Gasteiger partial charge in [-0.3, -0.25) is 5.10 Å². The van der Waals surface area contributed by atoms with E-state index < -0.39 is 0 Å². The first-order valence-corrected chi connectivity index (χ1v) is 6.61. The maximum atomic E-state index is 3.98. The second kappa shape index (κ2) is 4.58. The molecule has 2 N–H and O–H groups in total. The van der Waals surface area contributed by atoms with Gasteiger partial charge < -0.3 is 5.32 Å². The highest BCUT2D eigenvalue weighted by Gasteiger charge is 2.31. The molecule has 0 aliphatic heterocycles. The predicted octanol–water partition coefficient (Wildman–Crippen LogP) is 2.47. The van der Waals surface area contributed by atoms with Gasteiger partial charge in [-0.15, -0.1) is 0 Å². The van der Waals surface area contributed by atoms with Gasteiger partial charge in [0.25, 0.3) is 0 Å². The molecule has 2 aliphatic rings. The van der Waals surface area contributed by atoms with Crippen LogP contribution in [0.5, 0.6) is 0 Å². The number of hydrogen-bond donors (Lipinski definition) is 2. The van der Waals surface area contributed by atoms with Gasteiger partial charge in [0.15, 0.2) is 0 Å². The van der Waals surface area contributed by atoms with E-state index in [1.807, 2.05) is 12.4 Å². The Kier molecular flexibility index (Phi) is 2.96. The molecule has 3 nitrogen and oxygen atoms in total. The molecule has 0 amide bonds. The van der Waals surface area contributed by atoms with Crippen molar-refractivity contribution in [2.24, 2.45) is 11.8 Å². The minimum Gasteiger partial charge on any atom is -0.310 e. The first-order valence-electron chi connectivity index (χ1n) is 6.61. The second-order valence-electron chi connectivity index (χ2n) is 5.55. The van der Waals surface area contributed by atoms with Crippen LogP contribution in [0.25, 0.3) is 0 Å². The van der Waals surface area contributed by atoms with E-state index in [9.17, 15) is 0 Å². The Labute approximate surface area is 97.0 Å². The molecule has 2 aliphatic carbocycles. The third-order valence-electron chi connectivity index (χ3n) is 4.28. The van der Waals surface area contributed by atoms with Crippen molar-refractivity contribution in [3.63, 3.8) is 0 Å². The summed E-state index contributed by atoms with van der Waals surface area (Å²) in [5.74, 6) is 2.02. The number of rotatable bonds is 3. The molecule has 0 aromatic carbocycles. The molecule has 2 atom stereocenters. The summed E-state index contributed by atoms with van der Waals surface area (Å²) in [6.45, 7) is 0.973. The van der Waals surface area contributed by atoms with E-state index in [4.69, 9.17) is 0 Å². The Morgan fingerprint density at radius 2 is 2.06 bits per heavy atom. The van der Waals surface area contributed by atoms with E-state index in [-0.39, 0.29) is 0 Å². The maximum Gasteiger partial charge on any atom is 0.0532 e. The topological polar surface area (TPSA) is 40.7 Å². The molecule has 0 spiro atoms.